The van der Waals surface area contributed by atoms with E-state index in [1.165, 1.54) is 10.4 Å². The molecule has 25 heavy (non-hydrogen) atoms. The quantitative estimate of drug-likeness (QED) is 0.858. The van der Waals surface area contributed by atoms with Crippen LogP contribution >= 0.6 is 0 Å². The molecule has 3 atom stereocenters. The summed E-state index contributed by atoms with van der Waals surface area (Å²) in [5.41, 5.74) is 6.58. The average molecular weight is 365 g/mol. The molecule has 138 valence electrons. The maximum atomic E-state index is 12.8. The van der Waals surface area contributed by atoms with Gasteiger partial charge in [-0.05, 0) is 42.9 Å². The second-order valence-electron chi connectivity index (χ2n) is 6.99. The SMILES string of the molecule is CCN(CC)S(=O)(=O)c1cccc(C(=O)N2CC3CCC(N)C3C2)c1. The van der Waals surface area contributed by atoms with E-state index in [1.54, 1.807) is 18.2 Å². The number of nitrogens with two attached hydrogens (primary N) is 1. The fourth-order valence-corrected chi connectivity index (χ4v) is 5.66. The third kappa shape index (κ3) is 3.32. The topological polar surface area (TPSA) is 83.7 Å². The molecule has 6 nitrogen and oxygen atoms in total. The maximum absolute atomic E-state index is 12.8. The van der Waals surface area contributed by atoms with Crippen molar-refractivity contribution in [1.82, 2.24) is 9.21 Å². The third-order valence-electron chi connectivity index (χ3n) is 5.62. The molecule has 2 N–H and O–H groups in total. The van der Waals surface area contributed by atoms with E-state index in [0.717, 1.165) is 19.4 Å². The van der Waals surface area contributed by atoms with Crippen LogP contribution in [0.2, 0.25) is 0 Å². The Labute approximate surface area is 150 Å². The van der Waals surface area contributed by atoms with Gasteiger partial charge in [0.05, 0.1) is 4.90 Å². The van der Waals surface area contributed by atoms with Crippen LogP contribution in [0.15, 0.2) is 29.2 Å². The Morgan fingerprint density at radius 1 is 1.24 bits per heavy atom. The minimum absolute atomic E-state index is 0.0989. The van der Waals surface area contributed by atoms with E-state index in [2.05, 4.69) is 0 Å². The summed E-state index contributed by atoms with van der Waals surface area (Å²) in [5.74, 6) is 0.770. The number of likely N-dealkylation sites (tertiary alicyclic amines) is 1. The maximum Gasteiger partial charge on any atom is 0.253 e. The third-order valence-corrected chi connectivity index (χ3v) is 7.67. The van der Waals surface area contributed by atoms with E-state index in [1.807, 2.05) is 18.7 Å². The van der Waals surface area contributed by atoms with Crippen molar-refractivity contribution in [2.75, 3.05) is 26.2 Å². The number of rotatable bonds is 5. The van der Waals surface area contributed by atoms with Gasteiger partial charge in [0.1, 0.15) is 0 Å². The smallest absolute Gasteiger partial charge is 0.253 e. The summed E-state index contributed by atoms with van der Waals surface area (Å²) in [6.45, 7) is 5.83. The molecule has 0 radical (unpaired) electrons. The van der Waals surface area contributed by atoms with Gasteiger partial charge in [-0.3, -0.25) is 4.79 Å². The van der Waals surface area contributed by atoms with E-state index in [4.69, 9.17) is 5.73 Å². The second-order valence-corrected chi connectivity index (χ2v) is 8.93. The number of carbonyl (C=O) groups is 1. The lowest BCUT2D eigenvalue weighted by Gasteiger charge is -2.21. The monoisotopic (exact) mass is 365 g/mol. The highest BCUT2D eigenvalue weighted by Gasteiger charge is 2.42. The standard InChI is InChI=1S/C18H27N3O3S/c1-3-21(4-2)25(23,24)15-7-5-6-13(10-15)18(22)20-11-14-8-9-17(19)16(14)12-20/h5-7,10,14,16-17H,3-4,8-9,11-12,19H2,1-2H3. The van der Waals surface area contributed by atoms with Crippen molar-refractivity contribution in [3.63, 3.8) is 0 Å². The lowest BCUT2D eigenvalue weighted by atomic mass is 9.98. The van der Waals surface area contributed by atoms with Crippen molar-refractivity contribution in [2.45, 2.75) is 37.6 Å². The van der Waals surface area contributed by atoms with Crippen LogP contribution in [0.1, 0.15) is 37.0 Å². The van der Waals surface area contributed by atoms with E-state index in [-0.39, 0.29) is 16.8 Å². The molecule has 2 fully saturated rings. The van der Waals surface area contributed by atoms with Gasteiger partial charge >= 0.3 is 0 Å². The molecule has 0 aromatic heterocycles. The number of nitrogens with zero attached hydrogens (tertiary/aromatic N) is 2. The predicted octanol–water partition coefficient (Wildman–Crippen LogP) is 1.53. The first-order valence-corrected chi connectivity index (χ1v) is 10.5. The van der Waals surface area contributed by atoms with Crippen LogP contribution in [0.4, 0.5) is 0 Å². The summed E-state index contributed by atoms with van der Waals surface area (Å²) in [4.78, 5) is 14.9. The summed E-state index contributed by atoms with van der Waals surface area (Å²) >= 11 is 0. The Morgan fingerprint density at radius 3 is 2.60 bits per heavy atom. The van der Waals surface area contributed by atoms with E-state index in [9.17, 15) is 13.2 Å². The largest absolute Gasteiger partial charge is 0.338 e. The second kappa shape index (κ2) is 7.05. The normalized spacial score (nSPS) is 26.2. The van der Waals surface area contributed by atoms with Crippen molar-refractivity contribution in [3.8, 4) is 0 Å². The summed E-state index contributed by atoms with van der Waals surface area (Å²) < 4.78 is 26.8. The number of fused-ring (bicyclic) bond motifs is 1. The molecule has 7 heteroatoms. The summed E-state index contributed by atoms with van der Waals surface area (Å²) in [6, 6.07) is 6.57. The first kappa shape index (κ1) is 18.4. The first-order valence-electron chi connectivity index (χ1n) is 9.03. The van der Waals surface area contributed by atoms with Crippen LogP contribution < -0.4 is 5.73 Å². The predicted molar refractivity (Wildman–Crippen MR) is 96.6 cm³/mol. The molecular formula is C18H27N3O3S. The van der Waals surface area contributed by atoms with Gasteiger partial charge in [-0.2, -0.15) is 4.31 Å². The molecule has 1 aliphatic heterocycles. The van der Waals surface area contributed by atoms with E-state index in [0.29, 0.717) is 37.0 Å². The fraction of sp³-hybridized carbons (Fsp3) is 0.611. The van der Waals surface area contributed by atoms with Gasteiger partial charge in [-0.1, -0.05) is 19.9 Å². The Bertz CT molecular complexity index is 746. The van der Waals surface area contributed by atoms with Gasteiger partial charge < -0.3 is 10.6 Å². The number of carbonyl (C=O) groups excluding carboxylic acids is 1. The molecule has 3 rings (SSSR count). The zero-order chi connectivity index (χ0) is 18.2. The lowest BCUT2D eigenvalue weighted by molar-refractivity contribution is 0.0779. The lowest BCUT2D eigenvalue weighted by Crippen LogP contribution is -2.34. The van der Waals surface area contributed by atoms with Crippen molar-refractivity contribution in [3.05, 3.63) is 29.8 Å². The van der Waals surface area contributed by atoms with Gasteiger partial charge in [0.25, 0.3) is 5.91 Å². The highest BCUT2D eigenvalue weighted by molar-refractivity contribution is 7.89. The highest BCUT2D eigenvalue weighted by Crippen LogP contribution is 2.37. The van der Waals surface area contributed by atoms with Crippen LogP contribution in [0.25, 0.3) is 0 Å². The highest BCUT2D eigenvalue weighted by atomic mass is 32.2. The Balaban J connectivity index is 1.81. The van der Waals surface area contributed by atoms with Crippen LogP contribution in [0.3, 0.4) is 0 Å². The molecule has 1 aromatic carbocycles. The summed E-state index contributed by atoms with van der Waals surface area (Å²) in [7, 11) is -3.56. The van der Waals surface area contributed by atoms with Crippen molar-refractivity contribution >= 4 is 15.9 Å². The molecule has 1 saturated carbocycles. The molecule has 1 amide bonds. The van der Waals surface area contributed by atoms with Gasteiger partial charge in [0.15, 0.2) is 0 Å². The number of hydrogen-bond acceptors (Lipinski definition) is 4. The van der Waals surface area contributed by atoms with Gasteiger partial charge in [-0.15, -0.1) is 0 Å². The number of benzene rings is 1. The van der Waals surface area contributed by atoms with E-state index >= 15 is 0 Å². The van der Waals surface area contributed by atoms with E-state index < -0.39 is 10.0 Å². The summed E-state index contributed by atoms with van der Waals surface area (Å²) in [5, 5.41) is 0. The zero-order valence-corrected chi connectivity index (χ0v) is 15.7. The minimum atomic E-state index is -3.56. The molecule has 1 aliphatic carbocycles. The Hall–Kier alpha value is -1.44. The first-order chi connectivity index (χ1) is 11.9. The zero-order valence-electron chi connectivity index (χ0n) is 14.9. The van der Waals surface area contributed by atoms with Gasteiger partial charge in [0, 0.05) is 37.8 Å². The van der Waals surface area contributed by atoms with Crippen molar-refractivity contribution in [1.29, 1.82) is 0 Å². The van der Waals surface area contributed by atoms with Crippen LogP contribution in [-0.4, -0.2) is 55.8 Å². The van der Waals surface area contributed by atoms with Crippen molar-refractivity contribution in [2.24, 2.45) is 17.6 Å². The van der Waals surface area contributed by atoms with Crippen LogP contribution in [0.5, 0.6) is 0 Å². The molecular weight excluding hydrogens is 338 g/mol. The fourth-order valence-electron chi connectivity index (χ4n) is 4.16. The molecule has 1 saturated heterocycles. The molecule has 3 unspecified atom stereocenters. The molecule has 1 aromatic rings. The van der Waals surface area contributed by atoms with Gasteiger partial charge in [-0.25, -0.2) is 8.42 Å². The van der Waals surface area contributed by atoms with Crippen molar-refractivity contribution < 1.29 is 13.2 Å². The van der Waals surface area contributed by atoms with Crippen LogP contribution in [-0.2, 0) is 10.0 Å². The van der Waals surface area contributed by atoms with Crippen LogP contribution in [0, 0.1) is 11.8 Å². The Kier molecular flexibility index (Phi) is 5.18. The molecule has 1 heterocycles. The summed E-state index contributed by atoms with van der Waals surface area (Å²) in [6.07, 6.45) is 2.11. The molecule has 2 aliphatic rings. The molecule has 0 spiro atoms. The van der Waals surface area contributed by atoms with Gasteiger partial charge in [0.2, 0.25) is 10.0 Å². The Morgan fingerprint density at radius 2 is 1.96 bits per heavy atom. The minimum Gasteiger partial charge on any atom is -0.338 e. The number of hydrogen-bond donors (Lipinski definition) is 1. The number of sulfonamides is 1. The number of amides is 1. The average Bonchev–Trinajstić information content (AvgIpc) is 3.17. The molecule has 0 bridgehead atoms.